The van der Waals surface area contributed by atoms with Crippen LogP contribution in [0.4, 0.5) is 5.13 Å². The molecule has 0 aliphatic heterocycles. The Hall–Kier alpha value is -0.650. The Morgan fingerprint density at radius 3 is 2.61 bits per heavy atom. The first-order valence-electron chi connectivity index (χ1n) is 6.07. The van der Waals surface area contributed by atoms with Gasteiger partial charge in [0.2, 0.25) is 5.91 Å². The molecule has 1 aromatic heterocycles. The van der Waals surface area contributed by atoms with Gasteiger partial charge in [0.15, 0.2) is 5.13 Å². The number of hydrogen-bond donors (Lipinski definition) is 2. The Morgan fingerprint density at radius 2 is 2.11 bits per heavy atom. The lowest BCUT2D eigenvalue weighted by molar-refractivity contribution is -0.121. The van der Waals surface area contributed by atoms with Gasteiger partial charge in [-0.25, -0.2) is 4.98 Å². The largest absolute Gasteiger partial charge is 0.317 e. The number of carbonyl (C=O) groups excluding carboxylic acids is 1. The molecule has 102 valence electrons. The first-order chi connectivity index (χ1) is 8.01. The van der Waals surface area contributed by atoms with E-state index in [1.54, 1.807) is 0 Å². The normalized spacial score (nSPS) is 17.6. The third-order valence-corrected chi connectivity index (χ3v) is 4.47. The van der Waals surface area contributed by atoms with Crippen LogP contribution < -0.4 is 11.1 Å². The van der Waals surface area contributed by atoms with Gasteiger partial charge in [-0.3, -0.25) is 4.79 Å². The number of hydrogen-bond acceptors (Lipinski definition) is 4. The molecule has 1 aliphatic rings. The van der Waals surface area contributed by atoms with E-state index < -0.39 is 5.54 Å². The van der Waals surface area contributed by atoms with Crippen molar-refractivity contribution in [1.29, 1.82) is 0 Å². The van der Waals surface area contributed by atoms with Gasteiger partial charge in [-0.05, 0) is 18.8 Å². The van der Waals surface area contributed by atoms with E-state index in [-0.39, 0.29) is 18.3 Å². The van der Waals surface area contributed by atoms with E-state index in [1.165, 1.54) is 16.2 Å². The maximum atomic E-state index is 12.0. The highest BCUT2D eigenvalue weighted by Gasteiger charge is 2.37. The fourth-order valence-corrected chi connectivity index (χ4v) is 2.88. The van der Waals surface area contributed by atoms with Crippen LogP contribution in [0.2, 0.25) is 0 Å². The van der Waals surface area contributed by atoms with Crippen molar-refractivity contribution < 1.29 is 4.79 Å². The van der Waals surface area contributed by atoms with Gasteiger partial charge in [-0.15, -0.1) is 23.7 Å². The SMILES string of the molecule is CC(C)c1cnc(NC(=O)C2(N)CCCC2)s1.Cl. The number of thiazole rings is 1. The van der Waals surface area contributed by atoms with Crippen LogP contribution >= 0.6 is 23.7 Å². The van der Waals surface area contributed by atoms with Crippen molar-refractivity contribution in [2.75, 3.05) is 5.32 Å². The third-order valence-electron chi connectivity index (χ3n) is 3.26. The Morgan fingerprint density at radius 1 is 1.50 bits per heavy atom. The molecule has 1 aliphatic carbocycles. The molecule has 0 atom stereocenters. The molecule has 18 heavy (non-hydrogen) atoms. The minimum atomic E-state index is -0.677. The molecule has 1 saturated carbocycles. The van der Waals surface area contributed by atoms with Gasteiger partial charge in [0.05, 0.1) is 5.54 Å². The van der Waals surface area contributed by atoms with Crippen LogP contribution in [-0.2, 0) is 4.79 Å². The van der Waals surface area contributed by atoms with E-state index in [4.69, 9.17) is 5.73 Å². The zero-order chi connectivity index (χ0) is 12.5. The highest BCUT2D eigenvalue weighted by Crippen LogP contribution is 2.30. The van der Waals surface area contributed by atoms with Gasteiger partial charge >= 0.3 is 0 Å². The van der Waals surface area contributed by atoms with Gasteiger partial charge in [-0.1, -0.05) is 26.7 Å². The highest BCUT2D eigenvalue weighted by atomic mass is 35.5. The first kappa shape index (κ1) is 15.4. The maximum absolute atomic E-state index is 12.0. The summed E-state index contributed by atoms with van der Waals surface area (Å²) in [5.41, 5.74) is 5.40. The lowest BCUT2D eigenvalue weighted by Crippen LogP contribution is -2.48. The quantitative estimate of drug-likeness (QED) is 0.899. The number of rotatable bonds is 3. The summed E-state index contributed by atoms with van der Waals surface area (Å²) in [5.74, 6) is 0.358. The summed E-state index contributed by atoms with van der Waals surface area (Å²) in [4.78, 5) is 17.4. The molecule has 0 bridgehead atoms. The summed E-state index contributed by atoms with van der Waals surface area (Å²) in [5, 5.41) is 3.51. The molecule has 3 N–H and O–H groups in total. The Kier molecular flexibility index (Phi) is 5.13. The van der Waals surface area contributed by atoms with E-state index in [1.807, 2.05) is 6.20 Å². The average molecular weight is 290 g/mol. The highest BCUT2D eigenvalue weighted by molar-refractivity contribution is 7.15. The number of nitrogens with zero attached hydrogens (tertiary/aromatic N) is 1. The number of nitrogens with two attached hydrogens (primary N) is 1. The van der Waals surface area contributed by atoms with Crippen molar-refractivity contribution in [3.8, 4) is 0 Å². The fourth-order valence-electron chi connectivity index (χ4n) is 2.07. The van der Waals surface area contributed by atoms with Gasteiger partial charge in [-0.2, -0.15) is 0 Å². The van der Waals surface area contributed by atoms with Crippen molar-refractivity contribution in [3.63, 3.8) is 0 Å². The second-order valence-corrected chi connectivity index (χ2v) is 6.10. The van der Waals surface area contributed by atoms with E-state index in [9.17, 15) is 4.79 Å². The molecule has 0 spiro atoms. The van der Waals surface area contributed by atoms with Gasteiger partial charge < -0.3 is 11.1 Å². The number of carbonyl (C=O) groups is 1. The maximum Gasteiger partial charge on any atom is 0.246 e. The van der Waals surface area contributed by atoms with Crippen LogP contribution in [0.25, 0.3) is 0 Å². The van der Waals surface area contributed by atoms with Crippen LogP contribution in [0.5, 0.6) is 0 Å². The predicted molar refractivity (Wildman–Crippen MR) is 77.5 cm³/mol. The van der Waals surface area contributed by atoms with Crippen LogP contribution in [0.1, 0.15) is 50.3 Å². The summed E-state index contributed by atoms with van der Waals surface area (Å²) in [6.07, 6.45) is 5.46. The molecule has 1 amide bonds. The molecule has 2 rings (SSSR count). The summed E-state index contributed by atoms with van der Waals surface area (Å²) in [6, 6.07) is 0. The molecular formula is C12H20ClN3OS. The second-order valence-electron chi connectivity index (χ2n) is 5.04. The number of aromatic nitrogens is 1. The van der Waals surface area contributed by atoms with Crippen molar-refractivity contribution in [1.82, 2.24) is 4.98 Å². The average Bonchev–Trinajstić information content (AvgIpc) is 2.88. The zero-order valence-corrected chi connectivity index (χ0v) is 12.4. The third kappa shape index (κ3) is 3.22. The van der Waals surface area contributed by atoms with E-state index in [2.05, 4.69) is 24.1 Å². The summed E-state index contributed by atoms with van der Waals surface area (Å²) < 4.78 is 0. The van der Waals surface area contributed by atoms with E-state index >= 15 is 0 Å². The molecular weight excluding hydrogens is 270 g/mol. The Bertz CT molecular complexity index is 413. The Labute approximate surface area is 118 Å². The minimum Gasteiger partial charge on any atom is -0.317 e. The molecule has 1 aromatic rings. The first-order valence-corrected chi connectivity index (χ1v) is 6.89. The summed E-state index contributed by atoms with van der Waals surface area (Å²) >= 11 is 1.53. The van der Waals surface area contributed by atoms with Crippen molar-refractivity contribution in [2.24, 2.45) is 5.73 Å². The summed E-state index contributed by atoms with van der Waals surface area (Å²) in [7, 11) is 0. The predicted octanol–water partition coefficient (Wildman–Crippen LogP) is 2.90. The fraction of sp³-hybridized carbons (Fsp3) is 0.667. The number of amides is 1. The molecule has 0 saturated heterocycles. The minimum absolute atomic E-state index is 0. The topological polar surface area (TPSA) is 68.0 Å². The summed E-state index contributed by atoms with van der Waals surface area (Å²) in [6.45, 7) is 4.22. The number of anilines is 1. The molecule has 1 heterocycles. The molecule has 0 aromatic carbocycles. The molecule has 0 radical (unpaired) electrons. The Balaban J connectivity index is 0.00000162. The van der Waals surface area contributed by atoms with Crippen molar-refractivity contribution >= 4 is 34.8 Å². The molecule has 6 heteroatoms. The van der Waals surface area contributed by atoms with E-state index in [0.717, 1.165) is 25.7 Å². The second kappa shape index (κ2) is 5.99. The number of nitrogens with one attached hydrogen (secondary N) is 1. The van der Waals surface area contributed by atoms with Gasteiger partial charge in [0.1, 0.15) is 0 Å². The lowest BCUT2D eigenvalue weighted by atomic mass is 9.98. The van der Waals surface area contributed by atoms with Crippen molar-refractivity contribution in [2.45, 2.75) is 51.0 Å². The molecule has 1 fully saturated rings. The van der Waals surface area contributed by atoms with Crippen LogP contribution in [0, 0.1) is 0 Å². The standard InChI is InChI=1S/C12H19N3OS.ClH/c1-8(2)9-7-14-11(17-9)15-10(16)12(13)5-3-4-6-12;/h7-8H,3-6,13H2,1-2H3,(H,14,15,16);1H. The van der Waals surface area contributed by atoms with Gasteiger partial charge in [0.25, 0.3) is 0 Å². The van der Waals surface area contributed by atoms with Crippen LogP contribution in [-0.4, -0.2) is 16.4 Å². The van der Waals surface area contributed by atoms with Crippen LogP contribution in [0.15, 0.2) is 6.20 Å². The smallest absolute Gasteiger partial charge is 0.246 e. The van der Waals surface area contributed by atoms with Crippen LogP contribution in [0.3, 0.4) is 0 Å². The lowest BCUT2D eigenvalue weighted by Gasteiger charge is -2.21. The van der Waals surface area contributed by atoms with E-state index in [0.29, 0.717) is 11.0 Å². The van der Waals surface area contributed by atoms with Gasteiger partial charge in [0, 0.05) is 11.1 Å². The monoisotopic (exact) mass is 289 g/mol. The molecule has 0 unspecified atom stereocenters. The van der Waals surface area contributed by atoms with Crippen molar-refractivity contribution in [3.05, 3.63) is 11.1 Å². The number of halogens is 1. The zero-order valence-electron chi connectivity index (χ0n) is 10.7. The molecule has 4 nitrogen and oxygen atoms in total.